The van der Waals surface area contributed by atoms with Crippen LogP contribution in [-0.2, 0) is 9.47 Å². The number of fused-ring (bicyclic) bond motifs is 1. The van der Waals surface area contributed by atoms with E-state index in [0.717, 1.165) is 6.07 Å². The molecule has 2 aliphatic heterocycles. The smallest absolute Gasteiger partial charge is 0.254 e. The number of hydrogen-bond donors (Lipinski definition) is 3. The second-order valence-corrected chi connectivity index (χ2v) is 4.91. The SMILES string of the molecule is O=C(N[C@H]1CO[C@H]2[C@@H]1OC[C@H]2O)c1ccc(O)cc1F. The highest BCUT2D eigenvalue weighted by Gasteiger charge is 2.47. The number of ether oxygens (including phenoxy) is 2. The summed E-state index contributed by atoms with van der Waals surface area (Å²) in [6, 6.07) is 2.89. The van der Waals surface area contributed by atoms with Gasteiger partial charge in [0.2, 0.25) is 0 Å². The van der Waals surface area contributed by atoms with Crippen LogP contribution in [-0.4, -0.2) is 53.7 Å². The number of aromatic hydroxyl groups is 1. The van der Waals surface area contributed by atoms with Crippen LogP contribution < -0.4 is 5.32 Å². The van der Waals surface area contributed by atoms with Crippen LogP contribution in [0.3, 0.4) is 0 Å². The number of carbonyl (C=O) groups excluding carboxylic acids is 1. The first-order valence-corrected chi connectivity index (χ1v) is 6.27. The maximum Gasteiger partial charge on any atom is 0.254 e. The molecule has 108 valence electrons. The number of aliphatic hydroxyl groups excluding tert-OH is 1. The van der Waals surface area contributed by atoms with E-state index in [1.807, 2.05) is 0 Å². The van der Waals surface area contributed by atoms with Gasteiger partial charge >= 0.3 is 0 Å². The van der Waals surface area contributed by atoms with E-state index in [1.54, 1.807) is 0 Å². The Balaban J connectivity index is 1.70. The van der Waals surface area contributed by atoms with Crippen molar-refractivity contribution in [2.24, 2.45) is 0 Å². The molecule has 2 heterocycles. The topological polar surface area (TPSA) is 88.0 Å². The van der Waals surface area contributed by atoms with Crippen molar-refractivity contribution in [1.29, 1.82) is 0 Å². The normalized spacial score (nSPS) is 32.1. The molecule has 0 bridgehead atoms. The lowest BCUT2D eigenvalue weighted by Crippen LogP contribution is -2.44. The van der Waals surface area contributed by atoms with Gasteiger partial charge in [-0.2, -0.15) is 0 Å². The Hall–Kier alpha value is -1.70. The van der Waals surface area contributed by atoms with Crippen molar-refractivity contribution in [2.75, 3.05) is 13.2 Å². The molecule has 2 aliphatic rings. The number of phenols is 1. The molecule has 3 rings (SSSR count). The second kappa shape index (κ2) is 5.01. The van der Waals surface area contributed by atoms with Gasteiger partial charge in [-0.05, 0) is 12.1 Å². The number of rotatable bonds is 2. The summed E-state index contributed by atoms with van der Waals surface area (Å²) >= 11 is 0. The molecule has 2 fully saturated rings. The summed E-state index contributed by atoms with van der Waals surface area (Å²) < 4.78 is 24.3. The zero-order valence-electron chi connectivity index (χ0n) is 10.5. The fraction of sp³-hybridized carbons (Fsp3) is 0.462. The van der Waals surface area contributed by atoms with Crippen molar-refractivity contribution in [1.82, 2.24) is 5.32 Å². The van der Waals surface area contributed by atoms with Crippen LogP contribution in [0.25, 0.3) is 0 Å². The van der Waals surface area contributed by atoms with Crippen LogP contribution in [0.15, 0.2) is 18.2 Å². The van der Waals surface area contributed by atoms with Gasteiger partial charge in [0.25, 0.3) is 5.91 Å². The van der Waals surface area contributed by atoms with Crippen LogP contribution in [0.4, 0.5) is 4.39 Å². The van der Waals surface area contributed by atoms with Crippen molar-refractivity contribution in [2.45, 2.75) is 24.4 Å². The molecule has 6 nitrogen and oxygen atoms in total. The van der Waals surface area contributed by atoms with Crippen molar-refractivity contribution in [3.63, 3.8) is 0 Å². The van der Waals surface area contributed by atoms with Crippen LogP contribution in [0, 0.1) is 5.82 Å². The molecular formula is C13H14FNO5. The zero-order chi connectivity index (χ0) is 14.3. The number of nitrogens with one attached hydrogen (secondary N) is 1. The summed E-state index contributed by atoms with van der Waals surface area (Å²) in [7, 11) is 0. The quantitative estimate of drug-likeness (QED) is 0.699. The number of aliphatic hydroxyl groups is 1. The molecule has 0 aromatic heterocycles. The molecule has 1 aromatic carbocycles. The van der Waals surface area contributed by atoms with E-state index in [0.29, 0.717) is 0 Å². The molecule has 0 spiro atoms. The Morgan fingerprint density at radius 3 is 2.80 bits per heavy atom. The van der Waals surface area contributed by atoms with Gasteiger partial charge in [-0.1, -0.05) is 0 Å². The zero-order valence-corrected chi connectivity index (χ0v) is 10.5. The summed E-state index contributed by atoms with van der Waals surface area (Å²) in [5.74, 6) is -1.65. The van der Waals surface area contributed by atoms with Gasteiger partial charge < -0.3 is 25.0 Å². The van der Waals surface area contributed by atoms with E-state index in [1.165, 1.54) is 12.1 Å². The Morgan fingerprint density at radius 2 is 2.05 bits per heavy atom. The number of phenolic OH excluding ortho intramolecular Hbond substituents is 1. The standard InChI is InChI=1S/C13H14FNO5/c14-8-3-6(16)1-2-7(8)13(18)15-9-4-19-12-10(17)5-20-11(9)12/h1-3,9-12,16-17H,4-5H2,(H,15,18)/t9-,10+,11+,12+/m0/s1. The third kappa shape index (κ3) is 2.24. The fourth-order valence-electron chi connectivity index (χ4n) is 2.54. The lowest BCUT2D eigenvalue weighted by Gasteiger charge is -2.17. The first-order chi connectivity index (χ1) is 9.56. The molecule has 0 radical (unpaired) electrons. The van der Waals surface area contributed by atoms with Crippen molar-refractivity contribution in [3.05, 3.63) is 29.6 Å². The monoisotopic (exact) mass is 283 g/mol. The first kappa shape index (κ1) is 13.3. The largest absolute Gasteiger partial charge is 0.508 e. The average molecular weight is 283 g/mol. The molecule has 0 aliphatic carbocycles. The van der Waals surface area contributed by atoms with Crippen LogP contribution >= 0.6 is 0 Å². The highest BCUT2D eigenvalue weighted by molar-refractivity contribution is 5.94. The van der Waals surface area contributed by atoms with E-state index in [-0.39, 0.29) is 24.5 Å². The maximum atomic E-state index is 13.6. The number of halogens is 1. The van der Waals surface area contributed by atoms with E-state index in [4.69, 9.17) is 14.6 Å². The molecule has 7 heteroatoms. The van der Waals surface area contributed by atoms with E-state index >= 15 is 0 Å². The Morgan fingerprint density at radius 1 is 1.30 bits per heavy atom. The van der Waals surface area contributed by atoms with Gasteiger partial charge in [0.15, 0.2) is 0 Å². The average Bonchev–Trinajstić information content (AvgIpc) is 2.94. The van der Waals surface area contributed by atoms with Gasteiger partial charge in [0.1, 0.15) is 29.9 Å². The van der Waals surface area contributed by atoms with Crippen molar-refractivity contribution >= 4 is 5.91 Å². The Bertz CT molecular complexity index is 537. The summed E-state index contributed by atoms with van der Waals surface area (Å²) in [6.07, 6.45) is -1.58. The Labute approximate surface area is 114 Å². The lowest BCUT2D eigenvalue weighted by molar-refractivity contribution is 0.0178. The summed E-state index contributed by atoms with van der Waals surface area (Å²) in [6.45, 7) is 0.368. The summed E-state index contributed by atoms with van der Waals surface area (Å²) in [5, 5.41) is 21.3. The third-order valence-electron chi connectivity index (χ3n) is 3.54. The molecule has 4 atom stereocenters. The second-order valence-electron chi connectivity index (χ2n) is 4.91. The first-order valence-electron chi connectivity index (χ1n) is 6.27. The molecule has 0 saturated carbocycles. The number of carbonyl (C=O) groups is 1. The minimum atomic E-state index is -0.801. The van der Waals surface area contributed by atoms with E-state index in [9.17, 15) is 14.3 Å². The van der Waals surface area contributed by atoms with Gasteiger partial charge in [-0.15, -0.1) is 0 Å². The van der Waals surface area contributed by atoms with Gasteiger partial charge in [0.05, 0.1) is 24.8 Å². The van der Waals surface area contributed by atoms with Crippen LogP contribution in [0.2, 0.25) is 0 Å². The molecule has 3 N–H and O–H groups in total. The molecule has 20 heavy (non-hydrogen) atoms. The molecule has 0 unspecified atom stereocenters. The Kier molecular flexibility index (Phi) is 3.33. The minimum absolute atomic E-state index is 0.162. The minimum Gasteiger partial charge on any atom is -0.508 e. The number of hydrogen-bond acceptors (Lipinski definition) is 5. The summed E-state index contributed by atoms with van der Waals surface area (Å²) in [4.78, 5) is 12.0. The van der Waals surface area contributed by atoms with Crippen LogP contribution in [0.5, 0.6) is 5.75 Å². The molecule has 2 saturated heterocycles. The molecule has 1 amide bonds. The van der Waals surface area contributed by atoms with Gasteiger partial charge in [0, 0.05) is 6.07 Å². The van der Waals surface area contributed by atoms with Gasteiger partial charge in [-0.25, -0.2) is 4.39 Å². The predicted octanol–water partition coefficient (Wildman–Crippen LogP) is -0.212. The van der Waals surface area contributed by atoms with Gasteiger partial charge in [-0.3, -0.25) is 4.79 Å². The third-order valence-corrected chi connectivity index (χ3v) is 3.54. The maximum absolute atomic E-state index is 13.6. The molecular weight excluding hydrogens is 269 g/mol. The van der Waals surface area contributed by atoms with E-state index in [2.05, 4.69) is 5.32 Å². The predicted molar refractivity (Wildman–Crippen MR) is 64.8 cm³/mol. The van der Waals surface area contributed by atoms with Crippen LogP contribution in [0.1, 0.15) is 10.4 Å². The highest BCUT2D eigenvalue weighted by atomic mass is 19.1. The highest BCUT2D eigenvalue weighted by Crippen LogP contribution is 2.27. The number of benzene rings is 1. The van der Waals surface area contributed by atoms with Crippen molar-refractivity contribution < 1.29 is 28.9 Å². The fourth-order valence-corrected chi connectivity index (χ4v) is 2.54. The number of amides is 1. The van der Waals surface area contributed by atoms with E-state index < -0.39 is 36.1 Å². The lowest BCUT2D eigenvalue weighted by atomic mass is 10.1. The molecule has 1 aromatic rings. The van der Waals surface area contributed by atoms with Crippen molar-refractivity contribution in [3.8, 4) is 5.75 Å². The summed E-state index contributed by atoms with van der Waals surface area (Å²) in [5.41, 5.74) is -0.162.